The third kappa shape index (κ3) is 2.72. The zero-order valence-corrected chi connectivity index (χ0v) is 20.5. The second-order valence-corrected chi connectivity index (χ2v) is 9.78. The molecule has 0 N–H and O–H groups in total. The normalized spacial score (nSPS) is 17.1. The largest absolute Gasteiger partial charge is 0.311 e. The van der Waals surface area contributed by atoms with E-state index in [0.29, 0.717) is 22.7 Å². The fourth-order valence-electron chi connectivity index (χ4n) is 6.64. The van der Waals surface area contributed by atoms with E-state index in [1.165, 1.54) is 0 Å². The second-order valence-electron chi connectivity index (χ2n) is 9.78. The van der Waals surface area contributed by atoms with Crippen molar-refractivity contribution in [2.24, 2.45) is 0 Å². The van der Waals surface area contributed by atoms with Crippen molar-refractivity contribution in [2.45, 2.75) is 0 Å². The molecule has 0 fully saturated rings. The Hall–Kier alpha value is -5.02. The fraction of sp³-hybridized carbons (Fsp3) is 0. The number of hydrogen-bond donors (Lipinski definition) is 0. The number of hydrogen-bond acceptors (Lipinski definition) is 2. The second kappa shape index (κ2) is 7.75. The van der Waals surface area contributed by atoms with E-state index in [1.54, 1.807) is 15.9 Å². The lowest BCUT2D eigenvalue weighted by Crippen LogP contribution is -2.61. The van der Waals surface area contributed by atoms with Crippen molar-refractivity contribution < 1.29 is 13.7 Å². The van der Waals surface area contributed by atoms with Crippen molar-refractivity contribution in [3.8, 4) is 22.3 Å². The Kier molecular flexibility index (Phi) is 2.72. The first-order valence-corrected chi connectivity index (χ1v) is 12.8. The van der Waals surface area contributed by atoms with Gasteiger partial charge in [-0.25, -0.2) is 0 Å². The molecular weight excluding hydrogens is 471 g/mol. The molecule has 3 aliphatic rings. The Morgan fingerprint density at radius 3 is 1.26 bits per heavy atom. The van der Waals surface area contributed by atoms with Crippen molar-refractivity contribution in [1.29, 1.82) is 0 Å². The summed E-state index contributed by atoms with van der Waals surface area (Å²) < 4.78 is 86.9. The zero-order valence-electron chi connectivity index (χ0n) is 30.5. The number of fused-ring (bicyclic) bond motifs is 3. The zero-order chi connectivity index (χ0) is 34.2. The molecular formula is C36H23BN2. The van der Waals surface area contributed by atoms with Crippen LogP contribution in [0.3, 0.4) is 0 Å². The number of anilines is 6. The standard InChI is InChI=1S/C36H23BN2/c1-3-12-24(13-4-1)38-30-20-9-18-28-26-16-7-8-17-27(26)29-19-10-21-31-35(29)37(34(28)30)36-32(38)22-11-23-33(36)39(31)25-14-5-2-6-15-25/h1-23H/i1D,2D,3D,4D,5D,6D,12D,13D,14D,15D. The van der Waals surface area contributed by atoms with Crippen LogP contribution >= 0.6 is 0 Å². The van der Waals surface area contributed by atoms with Crippen LogP contribution in [0.1, 0.15) is 13.7 Å². The van der Waals surface area contributed by atoms with Gasteiger partial charge in [-0.05, 0) is 87.1 Å². The first-order chi connectivity index (χ1) is 23.5. The van der Waals surface area contributed by atoms with E-state index in [9.17, 15) is 0 Å². The molecule has 0 aliphatic carbocycles. The molecule has 3 heteroatoms. The van der Waals surface area contributed by atoms with Crippen molar-refractivity contribution in [3.05, 3.63) is 139 Å². The van der Waals surface area contributed by atoms with Crippen molar-refractivity contribution in [3.63, 3.8) is 0 Å². The van der Waals surface area contributed by atoms with Gasteiger partial charge in [0, 0.05) is 34.1 Å². The van der Waals surface area contributed by atoms with E-state index in [0.717, 1.165) is 38.6 Å². The van der Waals surface area contributed by atoms with Gasteiger partial charge in [-0.1, -0.05) is 90.9 Å². The van der Waals surface area contributed by atoms with Gasteiger partial charge in [0.25, 0.3) is 6.71 Å². The van der Waals surface area contributed by atoms with Gasteiger partial charge < -0.3 is 9.80 Å². The van der Waals surface area contributed by atoms with Gasteiger partial charge in [0.1, 0.15) is 0 Å². The number of benzene rings is 6. The summed E-state index contributed by atoms with van der Waals surface area (Å²) in [5.41, 5.74) is 8.72. The summed E-state index contributed by atoms with van der Waals surface area (Å²) in [4.78, 5) is 3.46. The van der Waals surface area contributed by atoms with Crippen LogP contribution in [0.5, 0.6) is 0 Å². The summed E-state index contributed by atoms with van der Waals surface area (Å²) in [6.45, 7) is -0.405. The molecule has 0 spiro atoms. The van der Waals surface area contributed by atoms with Crippen LogP contribution in [0.2, 0.25) is 0 Å². The van der Waals surface area contributed by atoms with Crippen LogP contribution in [0.25, 0.3) is 22.3 Å². The monoisotopic (exact) mass is 504 g/mol. The lowest BCUT2D eigenvalue weighted by atomic mass is 9.32. The van der Waals surface area contributed by atoms with Crippen LogP contribution in [0.15, 0.2) is 139 Å². The lowest BCUT2D eigenvalue weighted by Gasteiger charge is -2.44. The molecule has 0 aromatic heterocycles. The van der Waals surface area contributed by atoms with Crippen LogP contribution in [0, 0.1) is 0 Å². The predicted molar refractivity (Wildman–Crippen MR) is 165 cm³/mol. The summed E-state index contributed by atoms with van der Waals surface area (Å²) in [6, 6.07) is 21.0. The highest BCUT2D eigenvalue weighted by Crippen LogP contribution is 2.47. The molecule has 6 aromatic rings. The maximum Gasteiger partial charge on any atom is 0.253 e. The topological polar surface area (TPSA) is 6.48 Å². The third-order valence-electron chi connectivity index (χ3n) is 7.98. The van der Waals surface area contributed by atoms with Crippen molar-refractivity contribution in [2.75, 3.05) is 9.80 Å². The molecule has 3 heterocycles. The molecule has 2 nitrogen and oxygen atoms in total. The maximum atomic E-state index is 9.02. The van der Waals surface area contributed by atoms with Gasteiger partial charge >= 0.3 is 0 Å². The highest BCUT2D eigenvalue weighted by molar-refractivity contribution is 7.02. The smallest absolute Gasteiger partial charge is 0.253 e. The van der Waals surface area contributed by atoms with E-state index in [4.69, 9.17) is 13.7 Å². The summed E-state index contributed by atoms with van der Waals surface area (Å²) >= 11 is 0. The molecule has 0 atom stereocenters. The molecule has 0 unspecified atom stereocenters. The Morgan fingerprint density at radius 2 is 0.795 bits per heavy atom. The Balaban J connectivity index is 1.50. The van der Waals surface area contributed by atoms with Gasteiger partial charge in [-0.2, -0.15) is 0 Å². The Bertz CT molecular complexity index is 2280. The van der Waals surface area contributed by atoms with Gasteiger partial charge in [-0.3, -0.25) is 0 Å². The molecule has 39 heavy (non-hydrogen) atoms. The van der Waals surface area contributed by atoms with Gasteiger partial charge in [0.15, 0.2) is 0 Å². The number of rotatable bonds is 2. The molecule has 0 bridgehead atoms. The van der Waals surface area contributed by atoms with Crippen molar-refractivity contribution >= 4 is 57.2 Å². The van der Waals surface area contributed by atoms with Gasteiger partial charge in [0.2, 0.25) is 0 Å². The first kappa shape index (κ1) is 13.7. The molecule has 0 saturated carbocycles. The van der Waals surface area contributed by atoms with Gasteiger partial charge in [-0.15, -0.1) is 0 Å². The Morgan fingerprint density at radius 1 is 0.410 bits per heavy atom. The average Bonchev–Trinajstić information content (AvgIpc) is 3.25. The highest BCUT2D eigenvalue weighted by Gasteiger charge is 2.46. The first-order valence-electron chi connectivity index (χ1n) is 17.8. The lowest BCUT2D eigenvalue weighted by molar-refractivity contribution is 1.25. The molecule has 0 saturated heterocycles. The Labute approximate surface area is 242 Å². The number of para-hydroxylation sites is 2. The minimum Gasteiger partial charge on any atom is -0.311 e. The van der Waals surface area contributed by atoms with E-state index in [-0.39, 0.29) is 35.5 Å². The summed E-state index contributed by atoms with van der Waals surface area (Å²) in [5, 5.41) is 0. The van der Waals surface area contributed by atoms with E-state index >= 15 is 0 Å². The molecule has 6 aromatic carbocycles. The van der Waals surface area contributed by atoms with Crippen LogP contribution < -0.4 is 26.2 Å². The number of nitrogens with zero attached hydrogens (tertiary/aromatic N) is 2. The minimum atomic E-state index is -0.490. The van der Waals surface area contributed by atoms with Crippen LogP contribution in [-0.2, 0) is 0 Å². The highest BCUT2D eigenvalue weighted by atomic mass is 15.2. The van der Waals surface area contributed by atoms with Crippen LogP contribution in [0.4, 0.5) is 34.1 Å². The van der Waals surface area contributed by atoms with Crippen LogP contribution in [-0.4, -0.2) is 6.71 Å². The van der Waals surface area contributed by atoms with E-state index in [1.807, 2.05) is 72.8 Å². The van der Waals surface area contributed by atoms with Crippen molar-refractivity contribution in [1.82, 2.24) is 0 Å². The van der Waals surface area contributed by atoms with E-state index in [2.05, 4.69) is 0 Å². The molecule has 180 valence electrons. The predicted octanol–water partition coefficient (Wildman–Crippen LogP) is 7.42. The SMILES string of the molecule is [2H]c1c([2H])c([2H])c(N2c3cccc4c3B3c5c(cccc5N(c5c([2H])c([2H])c([2H])c([2H])c5[2H])c5cccc2c53)-c2ccccc2-4)c([2H])c1[2H]. The molecule has 9 rings (SSSR count). The fourth-order valence-corrected chi connectivity index (χ4v) is 6.64. The van der Waals surface area contributed by atoms with E-state index < -0.39 is 43.0 Å². The average molecular weight is 504 g/mol. The third-order valence-corrected chi connectivity index (χ3v) is 7.98. The quantitative estimate of drug-likeness (QED) is 0.226. The van der Waals surface area contributed by atoms with Gasteiger partial charge in [0.05, 0.1) is 13.7 Å². The minimum absolute atomic E-state index is 0.00257. The summed E-state index contributed by atoms with van der Waals surface area (Å²) in [6.07, 6.45) is 0. The molecule has 3 aliphatic heterocycles. The molecule has 0 amide bonds. The molecule has 0 radical (unpaired) electrons. The summed E-state index contributed by atoms with van der Waals surface area (Å²) in [7, 11) is 0. The maximum absolute atomic E-state index is 9.02. The summed E-state index contributed by atoms with van der Waals surface area (Å²) in [5.74, 6) is 0.